The lowest BCUT2D eigenvalue weighted by molar-refractivity contribution is 0.0952. The third-order valence-electron chi connectivity index (χ3n) is 6.06. The highest BCUT2D eigenvalue weighted by Gasteiger charge is 2.15. The molecule has 0 radical (unpaired) electrons. The van der Waals surface area contributed by atoms with E-state index in [1.807, 2.05) is 30.3 Å². The number of carbonyl (C=O) groups is 1. The highest BCUT2D eigenvalue weighted by Crippen LogP contribution is 2.27. The summed E-state index contributed by atoms with van der Waals surface area (Å²) in [6.07, 6.45) is 5.06. The minimum Gasteiger partial charge on any atom is -0.508 e. The van der Waals surface area contributed by atoms with Gasteiger partial charge in [0.1, 0.15) is 17.1 Å². The Hall–Kier alpha value is -4.13. The van der Waals surface area contributed by atoms with Crippen LogP contribution in [0.3, 0.4) is 0 Å². The lowest BCUT2D eigenvalue weighted by Crippen LogP contribution is -2.21. The number of amides is 1. The topological polar surface area (TPSA) is 112 Å². The fourth-order valence-electron chi connectivity index (χ4n) is 4.06. The van der Waals surface area contributed by atoms with Crippen LogP contribution in [0.1, 0.15) is 61.0 Å². The van der Waals surface area contributed by atoms with Crippen LogP contribution in [-0.2, 0) is 6.42 Å². The fraction of sp³-hybridized carbons (Fsp3) is 0.250. The molecule has 7 heteroatoms. The van der Waals surface area contributed by atoms with Gasteiger partial charge in [-0.1, -0.05) is 50.5 Å². The van der Waals surface area contributed by atoms with Gasteiger partial charge in [-0.2, -0.15) is 5.10 Å². The molecule has 4 aromatic rings. The molecule has 1 heterocycles. The summed E-state index contributed by atoms with van der Waals surface area (Å²) >= 11 is 0. The molecule has 0 fully saturated rings. The van der Waals surface area contributed by atoms with Crippen LogP contribution in [0.2, 0.25) is 0 Å². The van der Waals surface area contributed by atoms with Crippen LogP contribution in [0.5, 0.6) is 11.5 Å². The molecule has 0 aliphatic rings. The van der Waals surface area contributed by atoms with E-state index in [4.69, 9.17) is 4.42 Å². The van der Waals surface area contributed by atoms with E-state index < -0.39 is 11.5 Å². The number of nitrogens with zero attached hydrogens (tertiary/aromatic N) is 1. The number of phenolic OH excluding ortho intramolecular Hbond substituents is 2. The number of aryl methyl sites for hydroxylation is 1. The first-order valence-electron chi connectivity index (χ1n) is 11.7. The molecule has 3 aromatic carbocycles. The second-order valence-electron chi connectivity index (χ2n) is 8.63. The zero-order valence-electron chi connectivity index (χ0n) is 19.8. The highest BCUT2D eigenvalue weighted by molar-refractivity contribution is 6.04. The van der Waals surface area contributed by atoms with Crippen LogP contribution < -0.4 is 11.1 Å². The van der Waals surface area contributed by atoms with E-state index in [1.54, 1.807) is 19.1 Å². The van der Waals surface area contributed by atoms with E-state index in [2.05, 4.69) is 17.5 Å². The van der Waals surface area contributed by atoms with E-state index in [-0.39, 0.29) is 33.9 Å². The maximum Gasteiger partial charge on any atom is 0.345 e. The van der Waals surface area contributed by atoms with Crippen molar-refractivity contribution in [3.05, 3.63) is 81.7 Å². The van der Waals surface area contributed by atoms with E-state index in [9.17, 15) is 19.8 Å². The summed E-state index contributed by atoms with van der Waals surface area (Å²) in [4.78, 5) is 25.2. The average molecular weight is 473 g/mol. The summed E-state index contributed by atoms with van der Waals surface area (Å²) in [5.41, 5.74) is 3.39. The molecule has 0 saturated heterocycles. The molecule has 1 aromatic heterocycles. The van der Waals surface area contributed by atoms with Gasteiger partial charge in [0, 0.05) is 11.5 Å². The molecule has 0 atom stereocenters. The molecule has 7 nitrogen and oxygen atoms in total. The first kappa shape index (κ1) is 24.0. The smallest absolute Gasteiger partial charge is 0.345 e. The molecular weight excluding hydrogens is 444 g/mol. The lowest BCUT2D eigenvalue weighted by Gasteiger charge is -2.08. The van der Waals surface area contributed by atoms with Crippen molar-refractivity contribution in [2.24, 2.45) is 5.10 Å². The number of hydrogen-bond acceptors (Lipinski definition) is 6. The van der Waals surface area contributed by atoms with Crippen LogP contribution in [0.25, 0.3) is 21.7 Å². The molecule has 4 rings (SSSR count). The van der Waals surface area contributed by atoms with E-state index in [0.29, 0.717) is 5.39 Å². The Balaban J connectivity index is 1.58. The molecule has 35 heavy (non-hydrogen) atoms. The number of carbonyl (C=O) groups excluding carboxylic acids is 1. The Labute approximate surface area is 202 Å². The van der Waals surface area contributed by atoms with Gasteiger partial charge in [0.15, 0.2) is 0 Å². The minimum absolute atomic E-state index is 0.0778. The lowest BCUT2D eigenvalue weighted by atomic mass is 10.0. The number of hydrazone groups is 1. The van der Waals surface area contributed by atoms with Crippen molar-refractivity contribution >= 4 is 33.4 Å². The fourth-order valence-corrected chi connectivity index (χ4v) is 4.06. The van der Waals surface area contributed by atoms with Crippen molar-refractivity contribution in [1.82, 2.24) is 5.43 Å². The number of phenols is 2. The predicted molar refractivity (Wildman–Crippen MR) is 137 cm³/mol. The summed E-state index contributed by atoms with van der Waals surface area (Å²) in [6, 6.07) is 15.4. The average Bonchev–Trinajstić information content (AvgIpc) is 2.84. The van der Waals surface area contributed by atoms with Gasteiger partial charge in [-0.15, -0.1) is 0 Å². The number of nitrogens with one attached hydrogen (secondary N) is 1. The number of unbranched alkanes of at least 4 members (excludes halogenated alkanes) is 3. The molecule has 0 aliphatic carbocycles. The predicted octanol–water partition coefficient (Wildman–Crippen LogP) is 5.63. The molecule has 0 spiro atoms. The van der Waals surface area contributed by atoms with Crippen molar-refractivity contribution in [3.63, 3.8) is 0 Å². The van der Waals surface area contributed by atoms with Gasteiger partial charge in [-0.05, 0) is 60.4 Å². The quantitative estimate of drug-likeness (QED) is 0.133. The second-order valence-corrected chi connectivity index (χ2v) is 8.63. The summed E-state index contributed by atoms with van der Waals surface area (Å²) in [5, 5.41) is 26.9. The van der Waals surface area contributed by atoms with Crippen LogP contribution in [0, 0.1) is 0 Å². The Bertz CT molecular complexity index is 1490. The summed E-state index contributed by atoms with van der Waals surface area (Å²) in [7, 11) is 0. The SMILES string of the molecule is CCCCCCc1cc2cc(/C(C)=N/NC(=O)c3cc4ccccc4cc3O)c(=O)oc2cc1O. The number of fused-ring (bicyclic) bond motifs is 2. The number of aromatic hydroxyl groups is 2. The van der Waals surface area contributed by atoms with Gasteiger partial charge < -0.3 is 14.6 Å². The monoisotopic (exact) mass is 472 g/mol. The van der Waals surface area contributed by atoms with Crippen molar-refractivity contribution in [2.45, 2.75) is 46.0 Å². The van der Waals surface area contributed by atoms with E-state index in [0.717, 1.165) is 48.4 Å². The van der Waals surface area contributed by atoms with Gasteiger partial charge >= 0.3 is 5.63 Å². The van der Waals surface area contributed by atoms with E-state index >= 15 is 0 Å². The number of benzene rings is 3. The molecule has 0 saturated carbocycles. The molecule has 1 amide bonds. The summed E-state index contributed by atoms with van der Waals surface area (Å²) in [5.74, 6) is -0.652. The maximum absolute atomic E-state index is 12.7. The first-order valence-corrected chi connectivity index (χ1v) is 11.7. The molecule has 0 aliphatic heterocycles. The second kappa shape index (κ2) is 10.4. The molecular formula is C28H28N2O5. The van der Waals surface area contributed by atoms with Crippen LogP contribution in [-0.4, -0.2) is 21.8 Å². The zero-order chi connectivity index (χ0) is 24.9. The van der Waals surface area contributed by atoms with Crippen molar-refractivity contribution < 1.29 is 19.4 Å². The standard InChI is InChI=1S/C28H28N2O5/c1-3-4-5-6-11-20-12-21-14-22(28(34)35-26(21)16-24(20)31)17(2)29-30-27(33)23-13-18-9-7-8-10-19(18)15-25(23)32/h7-10,12-16,31-32H,3-6,11H2,1-2H3,(H,30,33)/b29-17+. The molecule has 0 bridgehead atoms. The largest absolute Gasteiger partial charge is 0.508 e. The Morgan fingerprint density at radius 2 is 1.63 bits per heavy atom. The molecule has 0 unspecified atom stereocenters. The van der Waals surface area contributed by atoms with Crippen molar-refractivity contribution in [2.75, 3.05) is 0 Å². The van der Waals surface area contributed by atoms with Crippen LogP contribution in [0.4, 0.5) is 0 Å². The minimum atomic E-state index is -0.628. The van der Waals surface area contributed by atoms with Gasteiger partial charge in [-0.3, -0.25) is 4.79 Å². The van der Waals surface area contributed by atoms with Crippen LogP contribution in [0.15, 0.2) is 68.9 Å². The van der Waals surface area contributed by atoms with Crippen molar-refractivity contribution in [1.29, 1.82) is 0 Å². The van der Waals surface area contributed by atoms with Crippen LogP contribution >= 0.6 is 0 Å². The number of hydrogen-bond donors (Lipinski definition) is 3. The summed E-state index contributed by atoms with van der Waals surface area (Å²) in [6.45, 7) is 3.73. The highest BCUT2D eigenvalue weighted by atomic mass is 16.4. The Morgan fingerprint density at radius 3 is 2.37 bits per heavy atom. The molecule has 3 N–H and O–H groups in total. The van der Waals surface area contributed by atoms with Gasteiger partial charge in [0.2, 0.25) is 0 Å². The van der Waals surface area contributed by atoms with Gasteiger partial charge in [-0.25, -0.2) is 10.2 Å². The Kier molecular flexibility index (Phi) is 7.15. The first-order chi connectivity index (χ1) is 16.9. The summed E-state index contributed by atoms with van der Waals surface area (Å²) < 4.78 is 5.40. The zero-order valence-corrected chi connectivity index (χ0v) is 19.8. The maximum atomic E-state index is 12.7. The molecule has 180 valence electrons. The van der Waals surface area contributed by atoms with Gasteiger partial charge in [0.25, 0.3) is 5.91 Å². The van der Waals surface area contributed by atoms with E-state index in [1.165, 1.54) is 12.1 Å². The van der Waals surface area contributed by atoms with Gasteiger partial charge in [0.05, 0.1) is 16.8 Å². The third kappa shape index (κ3) is 5.35. The Morgan fingerprint density at radius 1 is 0.914 bits per heavy atom. The number of rotatable bonds is 8. The third-order valence-corrected chi connectivity index (χ3v) is 6.06. The normalized spacial score (nSPS) is 11.8. The van der Waals surface area contributed by atoms with Crippen molar-refractivity contribution in [3.8, 4) is 11.5 Å².